The van der Waals surface area contributed by atoms with Gasteiger partial charge in [-0.25, -0.2) is 0 Å². The molecule has 1 aromatic carbocycles. The van der Waals surface area contributed by atoms with Crippen molar-refractivity contribution in [3.63, 3.8) is 0 Å². The molecule has 1 atom stereocenters. The lowest BCUT2D eigenvalue weighted by atomic mass is 10.2. The third-order valence-electron chi connectivity index (χ3n) is 1.74. The van der Waals surface area contributed by atoms with Crippen LogP contribution in [0.25, 0.3) is 0 Å². The smallest absolute Gasteiger partial charge is 0.251 e. The Morgan fingerprint density at radius 2 is 2.00 bits per heavy atom. The van der Waals surface area contributed by atoms with Crippen molar-refractivity contribution in [2.45, 2.75) is 6.10 Å². The fourth-order valence-electron chi connectivity index (χ4n) is 0.967. The Morgan fingerprint density at radius 1 is 1.36 bits per heavy atom. The zero-order valence-corrected chi connectivity index (χ0v) is 7.68. The van der Waals surface area contributed by atoms with Gasteiger partial charge in [0, 0.05) is 12.1 Å². The molecule has 0 aliphatic carbocycles. The van der Waals surface area contributed by atoms with Crippen LogP contribution in [0.15, 0.2) is 30.3 Å². The topological polar surface area (TPSA) is 69.6 Å². The standard InChI is InChI=1S/C10H13NO3/c12-7-9(13)6-11-10(14)8-4-2-1-3-5-8/h1-5,9,12-13H,6-7H2,(H,11,14). The molecule has 14 heavy (non-hydrogen) atoms. The number of rotatable bonds is 4. The minimum atomic E-state index is -0.900. The summed E-state index contributed by atoms with van der Waals surface area (Å²) in [6.07, 6.45) is -0.900. The Labute approximate surface area is 82.2 Å². The molecule has 4 nitrogen and oxygen atoms in total. The fraction of sp³-hybridized carbons (Fsp3) is 0.300. The Balaban J connectivity index is 2.44. The molecule has 0 aliphatic rings. The molecule has 76 valence electrons. The van der Waals surface area contributed by atoms with Crippen molar-refractivity contribution in [3.05, 3.63) is 35.9 Å². The second kappa shape index (κ2) is 5.36. The molecule has 4 heteroatoms. The van der Waals surface area contributed by atoms with Crippen molar-refractivity contribution in [2.24, 2.45) is 0 Å². The molecule has 0 saturated heterocycles. The number of hydrogen-bond donors (Lipinski definition) is 3. The lowest BCUT2D eigenvalue weighted by Gasteiger charge is -2.08. The molecule has 0 aromatic heterocycles. The first-order valence-electron chi connectivity index (χ1n) is 4.36. The monoisotopic (exact) mass is 195 g/mol. The van der Waals surface area contributed by atoms with E-state index < -0.39 is 6.10 Å². The summed E-state index contributed by atoms with van der Waals surface area (Å²) in [5.41, 5.74) is 0.539. The number of nitrogens with one attached hydrogen (secondary N) is 1. The van der Waals surface area contributed by atoms with Gasteiger partial charge in [0.25, 0.3) is 5.91 Å². The molecule has 0 radical (unpaired) electrons. The number of aliphatic hydroxyl groups is 2. The summed E-state index contributed by atoms with van der Waals surface area (Å²) in [6, 6.07) is 8.70. The first kappa shape index (κ1) is 10.7. The largest absolute Gasteiger partial charge is 0.394 e. The van der Waals surface area contributed by atoms with Crippen LogP contribution in [0.3, 0.4) is 0 Å². The van der Waals surface area contributed by atoms with Crippen LogP contribution in [-0.4, -0.2) is 35.4 Å². The Kier molecular flexibility index (Phi) is 4.10. The summed E-state index contributed by atoms with van der Waals surface area (Å²) in [5.74, 6) is -0.252. The highest BCUT2D eigenvalue weighted by Gasteiger charge is 2.06. The predicted molar refractivity (Wildman–Crippen MR) is 51.9 cm³/mol. The maximum atomic E-state index is 11.4. The van der Waals surface area contributed by atoms with Crippen LogP contribution in [0.2, 0.25) is 0 Å². The lowest BCUT2D eigenvalue weighted by molar-refractivity contribution is 0.0802. The van der Waals surface area contributed by atoms with Gasteiger partial charge in [-0.1, -0.05) is 18.2 Å². The van der Waals surface area contributed by atoms with Crippen LogP contribution in [0, 0.1) is 0 Å². The molecular weight excluding hydrogens is 182 g/mol. The summed E-state index contributed by atoms with van der Waals surface area (Å²) < 4.78 is 0. The number of carbonyl (C=O) groups excluding carboxylic acids is 1. The fourth-order valence-corrected chi connectivity index (χ4v) is 0.967. The van der Waals surface area contributed by atoms with E-state index >= 15 is 0 Å². The Morgan fingerprint density at radius 3 is 2.57 bits per heavy atom. The molecule has 0 bridgehead atoms. The highest BCUT2D eigenvalue weighted by molar-refractivity contribution is 5.94. The SMILES string of the molecule is O=C(NCC(O)CO)c1ccccc1. The van der Waals surface area contributed by atoms with Gasteiger partial charge >= 0.3 is 0 Å². The molecule has 3 N–H and O–H groups in total. The molecule has 0 aliphatic heterocycles. The van der Waals surface area contributed by atoms with E-state index in [-0.39, 0.29) is 19.1 Å². The van der Waals surface area contributed by atoms with E-state index in [1.165, 1.54) is 0 Å². The van der Waals surface area contributed by atoms with E-state index in [4.69, 9.17) is 10.2 Å². The van der Waals surface area contributed by atoms with Gasteiger partial charge in [-0.2, -0.15) is 0 Å². The molecule has 0 saturated carbocycles. The molecule has 1 unspecified atom stereocenters. The lowest BCUT2D eigenvalue weighted by Crippen LogP contribution is -2.33. The maximum absolute atomic E-state index is 11.4. The molecule has 0 heterocycles. The Hall–Kier alpha value is -1.39. The van der Waals surface area contributed by atoms with E-state index in [0.717, 1.165) is 0 Å². The molecule has 1 amide bonds. The second-order valence-corrected chi connectivity index (χ2v) is 2.91. The van der Waals surface area contributed by atoms with Gasteiger partial charge in [0.15, 0.2) is 0 Å². The molecule has 0 fully saturated rings. The summed E-state index contributed by atoms with van der Waals surface area (Å²) in [7, 11) is 0. The van der Waals surface area contributed by atoms with Crippen molar-refractivity contribution in [3.8, 4) is 0 Å². The maximum Gasteiger partial charge on any atom is 0.251 e. The van der Waals surface area contributed by atoms with E-state index in [9.17, 15) is 4.79 Å². The van der Waals surface area contributed by atoms with E-state index in [2.05, 4.69) is 5.32 Å². The van der Waals surface area contributed by atoms with Crippen molar-refractivity contribution in [1.29, 1.82) is 0 Å². The van der Waals surface area contributed by atoms with Gasteiger partial charge < -0.3 is 15.5 Å². The molecule has 1 aromatic rings. The normalized spacial score (nSPS) is 12.1. The highest BCUT2D eigenvalue weighted by atomic mass is 16.3. The average Bonchev–Trinajstić information content (AvgIpc) is 2.26. The molecule has 1 rings (SSSR count). The summed E-state index contributed by atoms with van der Waals surface area (Å²) in [5, 5.41) is 20.0. The highest BCUT2D eigenvalue weighted by Crippen LogP contribution is 1.97. The van der Waals surface area contributed by atoms with E-state index in [1.807, 2.05) is 6.07 Å². The van der Waals surface area contributed by atoms with Crippen molar-refractivity contribution < 1.29 is 15.0 Å². The second-order valence-electron chi connectivity index (χ2n) is 2.91. The number of hydrogen-bond acceptors (Lipinski definition) is 3. The predicted octanol–water partition coefficient (Wildman–Crippen LogP) is -0.230. The minimum absolute atomic E-state index is 0.0597. The zero-order chi connectivity index (χ0) is 10.4. The number of benzene rings is 1. The average molecular weight is 195 g/mol. The van der Waals surface area contributed by atoms with Crippen molar-refractivity contribution in [2.75, 3.05) is 13.2 Å². The van der Waals surface area contributed by atoms with Gasteiger partial charge in [0.2, 0.25) is 0 Å². The quantitative estimate of drug-likeness (QED) is 0.621. The van der Waals surface area contributed by atoms with Crippen LogP contribution in [0.4, 0.5) is 0 Å². The third kappa shape index (κ3) is 3.16. The van der Waals surface area contributed by atoms with Crippen LogP contribution in [-0.2, 0) is 0 Å². The van der Waals surface area contributed by atoms with Crippen LogP contribution < -0.4 is 5.32 Å². The van der Waals surface area contributed by atoms with Gasteiger partial charge in [-0.05, 0) is 12.1 Å². The Bertz CT molecular complexity index is 287. The van der Waals surface area contributed by atoms with Crippen LogP contribution >= 0.6 is 0 Å². The summed E-state index contributed by atoms with van der Waals surface area (Å²) in [4.78, 5) is 11.4. The van der Waals surface area contributed by atoms with Crippen molar-refractivity contribution in [1.82, 2.24) is 5.32 Å². The van der Waals surface area contributed by atoms with Crippen LogP contribution in [0.1, 0.15) is 10.4 Å². The van der Waals surface area contributed by atoms with Crippen LogP contribution in [0.5, 0.6) is 0 Å². The van der Waals surface area contributed by atoms with Crippen molar-refractivity contribution >= 4 is 5.91 Å². The first-order chi connectivity index (χ1) is 6.74. The molecule has 0 spiro atoms. The van der Waals surface area contributed by atoms with E-state index in [1.54, 1.807) is 24.3 Å². The van der Waals surface area contributed by atoms with Gasteiger partial charge in [0.05, 0.1) is 12.7 Å². The first-order valence-corrected chi connectivity index (χ1v) is 4.36. The summed E-state index contributed by atoms with van der Waals surface area (Å²) in [6.45, 7) is -0.292. The van der Waals surface area contributed by atoms with Gasteiger partial charge in [0.1, 0.15) is 0 Å². The number of carbonyl (C=O) groups is 1. The summed E-state index contributed by atoms with van der Waals surface area (Å²) >= 11 is 0. The zero-order valence-electron chi connectivity index (χ0n) is 7.68. The number of amides is 1. The molecular formula is C10H13NO3. The van der Waals surface area contributed by atoms with Gasteiger partial charge in [-0.15, -0.1) is 0 Å². The van der Waals surface area contributed by atoms with Gasteiger partial charge in [-0.3, -0.25) is 4.79 Å². The number of aliphatic hydroxyl groups excluding tert-OH is 2. The van der Waals surface area contributed by atoms with E-state index in [0.29, 0.717) is 5.56 Å². The third-order valence-corrected chi connectivity index (χ3v) is 1.74. The minimum Gasteiger partial charge on any atom is -0.394 e.